The normalized spacial score (nSPS) is 18.2. The van der Waals surface area contributed by atoms with Gasteiger partial charge in [-0.2, -0.15) is 0 Å². The summed E-state index contributed by atoms with van der Waals surface area (Å²) in [6.07, 6.45) is 3.79. The number of hydrogen-bond donors (Lipinski definition) is 1. The molecule has 0 heterocycles. The molecule has 1 unspecified atom stereocenters. The summed E-state index contributed by atoms with van der Waals surface area (Å²) in [5.41, 5.74) is 7.22. The average Bonchev–Trinajstić information content (AvgIpc) is 2.93. The second-order valence-electron chi connectivity index (χ2n) is 3.96. The third-order valence-corrected chi connectivity index (χ3v) is 3.89. The Balaban J connectivity index is 2.10. The van der Waals surface area contributed by atoms with Gasteiger partial charge in [-0.25, -0.2) is 0 Å². The number of halogens is 2. The van der Waals surface area contributed by atoms with E-state index in [2.05, 4.69) is 15.9 Å². The second kappa shape index (κ2) is 4.21. The minimum Gasteiger partial charge on any atom is -0.324 e. The van der Waals surface area contributed by atoms with Crippen LogP contribution >= 0.6 is 27.5 Å². The Morgan fingerprint density at radius 2 is 2.21 bits per heavy atom. The van der Waals surface area contributed by atoms with Gasteiger partial charge in [0.05, 0.1) is 5.02 Å². The maximum Gasteiger partial charge on any atom is 0.0551 e. The monoisotopic (exact) mass is 273 g/mol. The third-order valence-electron chi connectivity index (χ3n) is 2.66. The van der Waals surface area contributed by atoms with Crippen molar-refractivity contribution in [3.05, 3.63) is 33.3 Å². The van der Waals surface area contributed by atoms with Crippen LogP contribution in [0.25, 0.3) is 0 Å². The first-order valence-corrected chi connectivity index (χ1v) is 6.04. The maximum atomic E-state index is 6.08. The Hall–Kier alpha value is -0.0500. The van der Waals surface area contributed by atoms with Gasteiger partial charge in [0.2, 0.25) is 0 Å². The molecule has 1 nitrogen and oxygen atoms in total. The zero-order valence-corrected chi connectivity index (χ0v) is 10.2. The molecular weight excluding hydrogens is 261 g/mol. The van der Waals surface area contributed by atoms with E-state index in [-0.39, 0.29) is 6.04 Å². The molecule has 1 aliphatic rings. The summed E-state index contributed by atoms with van der Waals surface area (Å²) in [6, 6.07) is 6.11. The number of rotatable bonds is 3. The van der Waals surface area contributed by atoms with Gasteiger partial charge < -0.3 is 5.73 Å². The fraction of sp³-hybridized carbons (Fsp3) is 0.455. The standard InChI is InChI=1S/C11H13BrClN/c12-9-4-3-8(6-10(9)13)11(14)5-7-1-2-7/h3-4,6-7,11H,1-2,5,14H2. The van der Waals surface area contributed by atoms with Crippen molar-refractivity contribution in [3.63, 3.8) is 0 Å². The molecule has 1 fully saturated rings. The molecule has 0 radical (unpaired) electrons. The lowest BCUT2D eigenvalue weighted by molar-refractivity contribution is 0.597. The van der Waals surface area contributed by atoms with E-state index in [1.807, 2.05) is 18.2 Å². The quantitative estimate of drug-likeness (QED) is 0.889. The molecule has 1 atom stereocenters. The van der Waals surface area contributed by atoms with Crippen molar-refractivity contribution < 1.29 is 0 Å². The molecule has 14 heavy (non-hydrogen) atoms. The van der Waals surface area contributed by atoms with E-state index in [0.29, 0.717) is 0 Å². The highest BCUT2D eigenvalue weighted by molar-refractivity contribution is 9.10. The summed E-state index contributed by atoms with van der Waals surface area (Å²) < 4.78 is 0.932. The smallest absolute Gasteiger partial charge is 0.0551 e. The molecule has 3 heteroatoms. The molecule has 1 aromatic rings. The fourth-order valence-electron chi connectivity index (χ4n) is 1.59. The Morgan fingerprint density at radius 1 is 1.50 bits per heavy atom. The van der Waals surface area contributed by atoms with E-state index >= 15 is 0 Å². The van der Waals surface area contributed by atoms with Gasteiger partial charge in [-0.05, 0) is 46.0 Å². The molecule has 1 saturated carbocycles. The highest BCUT2D eigenvalue weighted by Crippen LogP contribution is 2.37. The van der Waals surface area contributed by atoms with Crippen LogP contribution in [0.5, 0.6) is 0 Å². The van der Waals surface area contributed by atoms with Crippen LogP contribution in [0.2, 0.25) is 5.02 Å². The third kappa shape index (κ3) is 2.50. The molecule has 0 saturated heterocycles. The van der Waals surface area contributed by atoms with E-state index in [1.165, 1.54) is 12.8 Å². The molecule has 2 rings (SSSR count). The lowest BCUT2D eigenvalue weighted by Crippen LogP contribution is -2.10. The summed E-state index contributed by atoms with van der Waals surface area (Å²) in [6.45, 7) is 0. The van der Waals surface area contributed by atoms with Crippen LogP contribution in [-0.4, -0.2) is 0 Å². The van der Waals surface area contributed by atoms with Gasteiger partial charge in [0.15, 0.2) is 0 Å². The molecule has 76 valence electrons. The van der Waals surface area contributed by atoms with Crippen LogP contribution in [0.15, 0.2) is 22.7 Å². The number of nitrogens with two attached hydrogens (primary N) is 1. The highest BCUT2D eigenvalue weighted by atomic mass is 79.9. The van der Waals surface area contributed by atoms with Gasteiger partial charge in [0.1, 0.15) is 0 Å². The first kappa shape index (κ1) is 10.5. The summed E-state index contributed by atoms with van der Waals surface area (Å²) in [7, 11) is 0. The van der Waals surface area contributed by atoms with Crippen LogP contribution in [0.1, 0.15) is 30.9 Å². The van der Waals surface area contributed by atoms with Crippen LogP contribution in [0, 0.1) is 5.92 Å². The van der Waals surface area contributed by atoms with Crippen LogP contribution < -0.4 is 5.73 Å². The average molecular weight is 275 g/mol. The minimum atomic E-state index is 0.146. The molecular formula is C11H13BrClN. The summed E-state index contributed by atoms with van der Waals surface area (Å²) in [5.74, 6) is 0.854. The second-order valence-corrected chi connectivity index (χ2v) is 5.22. The predicted molar refractivity (Wildman–Crippen MR) is 63.4 cm³/mol. The van der Waals surface area contributed by atoms with Crippen molar-refractivity contribution in [2.75, 3.05) is 0 Å². The van der Waals surface area contributed by atoms with E-state index in [1.54, 1.807) is 0 Å². The Bertz CT molecular complexity index is 336. The molecule has 1 aromatic carbocycles. The first-order chi connectivity index (χ1) is 6.66. The first-order valence-electron chi connectivity index (χ1n) is 4.87. The van der Waals surface area contributed by atoms with Crippen molar-refractivity contribution in [1.29, 1.82) is 0 Å². The van der Waals surface area contributed by atoms with Gasteiger partial charge in [-0.15, -0.1) is 0 Å². The van der Waals surface area contributed by atoms with Crippen molar-refractivity contribution in [1.82, 2.24) is 0 Å². The van der Waals surface area contributed by atoms with Crippen molar-refractivity contribution >= 4 is 27.5 Å². The molecule has 0 aromatic heterocycles. The Kier molecular flexibility index (Phi) is 3.15. The van der Waals surface area contributed by atoms with Crippen molar-refractivity contribution in [3.8, 4) is 0 Å². The van der Waals surface area contributed by atoms with Gasteiger partial charge in [0, 0.05) is 10.5 Å². The minimum absolute atomic E-state index is 0.146. The van der Waals surface area contributed by atoms with Gasteiger partial charge in [-0.1, -0.05) is 30.5 Å². The largest absolute Gasteiger partial charge is 0.324 e. The summed E-state index contributed by atoms with van der Waals surface area (Å²) in [5, 5.41) is 0.744. The van der Waals surface area contributed by atoms with Crippen LogP contribution in [-0.2, 0) is 0 Å². The van der Waals surface area contributed by atoms with Crippen molar-refractivity contribution in [2.45, 2.75) is 25.3 Å². The molecule has 0 spiro atoms. The van der Waals surface area contributed by atoms with E-state index < -0.39 is 0 Å². The molecule has 0 amide bonds. The lowest BCUT2D eigenvalue weighted by atomic mass is 10.0. The molecule has 0 aliphatic heterocycles. The maximum absolute atomic E-state index is 6.08. The van der Waals surface area contributed by atoms with Gasteiger partial charge in [0.25, 0.3) is 0 Å². The van der Waals surface area contributed by atoms with E-state index in [0.717, 1.165) is 27.4 Å². The predicted octanol–water partition coefficient (Wildman–Crippen LogP) is 3.90. The Morgan fingerprint density at radius 3 is 2.79 bits per heavy atom. The molecule has 2 N–H and O–H groups in total. The van der Waals surface area contributed by atoms with E-state index in [9.17, 15) is 0 Å². The van der Waals surface area contributed by atoms with Crippen LogP contribution in [0.4, 0.5) is 0 Å². The summed E-state index contributed by atoms with van der Waals surface area (Å²) >= 11 is 9.38. The van der Waals surface area contributed by atoms with Crippen molar-refractivity contribution in [2.24, 2.45) is 11.7 Å². The molecule has 0 bridgehead atoms. The zero-order valence-electron chi connectivity index (χ0n) is 7.84. The fourth-order valence-corrected chi connectivity index (χ4v) is 2.03. The SMILES string of the molecule is NC(CC1CC1)c1ccc(Br)c(Cl)c1. The van der Waals surface area contributed by atoms with Gasteiger partial charge in [-0.3, -0.25) is 0 Å². The van der Waals surface area contributed by atoms with Crippen LogP contribution in [0.3, 0.4) is 0 Å². The topological polar surface area (TPSA) is 26.0 Å². The van der Waals surface area contributed by atoms with Gasteiger partial charge >= 0.3 is 0 Å². The number of hydrogen-bond acceptors (Lipinski definition) is 1. The lowest BCUT2D eigenvalue weighted by Gasteiger charge is -2.11. The number of benzene rings is 1. The molecule has 1 aliphatic carbocycles. The summed E-state index contributed by atoms with van der Waals surface area (Å²) in [4.78, 5) is 0. The zero-order chi connectivity index (χ0) is 10.1. The highest BCUT2D eigenvalue weighted by Gasteiger charge is 2.24. The Labute approximate surface area is 97.8 Å². The van der Waals surface area contributed by atoms with E-state index in [4.69, 9.17) is 17.3 Å².